The lowest BCUT2D eigenvalue weighted by Crippen LogP contribution is -2.01. The predicted molar refractivity (Wildman–Crippen MR) is 98.5 cm³/mol. The lowest BCUT2D eigenvalue weighted by Gasteiger charge is -2.09. The van der Waals surface area contributed by atoms with E-state index in [1.807, 2.05) is 18.2 Å². The highest BCUT2D eigenvalue weighted by atomic mass is 32.2. The smallest absolute Gasteiger partial charge is 0.195 e. The molecule has 3 nitrogen and oxygen atoms in total. The first kappa shape index (κ1) is 16.1. The zero-order valence-electron chi connectivity index (χ0n) is 13.3. The van der Waals surface area contributed by atoms with E-state index < -0.39 is 0 Å². The van der Waals surface area contributed by atoms with Crippen LogP contribution < -0.4 is 0 Å². The fraction of sp³-hybridized carbons (Fsp3) is 0.222. The minimum absolute atomic E-state index is 0.801. The zero-order chi connectivity index (χ0) is 16.1. The third-order valence-corrected chi connectivity index (χ3v) is 5.20. The maximum Gasteiger partial charge on any atom is 0.195 e. The molecule has 0 saturated heterocycles. The number of hydrogen-bond acceptors (Lipinski definition) is 4. The molecule has 0 fully saturated rings. The van der Waals surface area contributed by atoms with Gasteiger partial charge in [0.25, 0.3) is 0 Å². The molecule has 0 bridgehead atoms. The summed E-state index contributed by atoms with van der Waals surface area (Å²) in [5.41, 5.74) is 2.40. The molecular formula is C18H19N3S2. The van der Waals surface area contributed by atoms with Gasteiger partial charge in [-0.05, 0) is 36.9 Å². The van der Waals surface area contributed by atoms with Crippen LogP contribution in [0.25, 0.3) is 5.69 Å². The number of nitrogens with zero attached hydrogens (tertiary/aromatic N) is 3. The number of rotatable bonds is 6. The van der Waals surface area contributed by atoms with Crippen LogP contribution in [0.15, 0.2) is 64.6 Å². The van der Waals surface area contributed by atoms with Crippen molar-refractivity contribution in [2.45, 2.75) is 29.7 Å². The highest BCUT2D eigenvalue weighted by Gasteiger charge is 2.14. The highest BCUT2D eigenvalue weighted by Crippen LogP contribution is 2.27. The molecule has 0 spiro atoms. The van der Waals surface area contributed by atoms with Crippen molar-refractivity contribution in [1.29, 1.82) is 0 Å². The van der Waals surface area contributed by atoms with Crippen LogP contribution in [0, 0.1) is 6.92 Å². The van der Waals surface area contributed by atoms with E-state index in [1.54, 1.807) is 23.5 Å². The SMILES string of the molecule is CCSc1nnc(CSc2ccc(C)cc2)n1-c1ccccc1. The van der Waals surface area contributed by atoms with Gasteiger partial charge in [-0.25, -0.2) is 0 Å². The molecule has 0 radical (unpaired) electrons. The predicted octanol–water partition coefficient (Wildman–Crippen LogP) is 4.98. The van der Waals surface area contributed by atoms with E-state index in [1.165, 1.54) is 10.5 Å². The van der Waals surface area contributed by atoms with Gasteiger partial charge in [-0.2, -0.15) is 0 Å². The van der Waals surface area contributed by atoms with Crippen LogP contribution in [0.4, 0.5) is 0 Å². The Morgan fingerprint density at radius 1 is 0.913 bits per heavy atom. The number of hydrogen-bond donors (Lipinski definition) is 0. The molecule has 1 heterocycles. The van der Waals surface area contributed by atoms with E-state index in [-0.39, 0.29) is 0 Å². The molecule has 0 saturated carbocycles. The van der Waals surface area contributed by atoms with Gasteiger partial charge < -0.3 is 0 Å². The first-order valence-electron chi connectivity index (χ1n) is 7.60. The monoisotopic (exact) mass is 341 g/mol. The first-order chi connectivity index (χ1) is 11.3. The van der Waals surface area contributed by atoms with Gasteiger partial charge in [0, 0.05) is 10.6 Å². The molecule has 23 heavy (non-hydrogen) atoms. The van der Waals surface area contributed by atoms with Crippen molar-refractivity contribution in [3.8, 4) is 5.69 Å². The number of para-hydroxylation sites is 1. The largest absolute Gasteiger partial charge is 0.273 e. The molecule has 0 atom stereocenters. The minimum atomic E-state index is 0.801. The van der Waals surface area contributed by atoms with Gasteiger partial charge in [-0.3, -0.25) is 4.57 Å². The molecule has 3 rings (SSSR count). The Bertz CT molecular complexity index is 752. The van der Waals surface area contributed by atoms with Crippen molar-refractivity contribution >= 4 is 23.5 Å². The van der Waals surface area contributed by atoms with Crippen LogP contribution in [0.5, 0.6) is 0 Å². The summed E-state index contributed by atoms with van der Waals surface area (Å²) in [6.45, 7) is 4.24. The Morgan fingerprint density at radius 3 is 2.35 bits per heavy atom. The molecule has 0 N–H and O–H groups in total. The van der Waals surface area contributed by atoms with Crippen LogP contribution >= 0.6 is 23.5 Å². The van der Waals surface area contributed by atoms with Gasteiger partial charge in [0.15, 0.2) is 5.16 Å². The molecule has 5 heteroatoms. The van der Waals surface area contributed by atoms with Gasteiger partial charge in [-0.1, -0.05) is 54.6 Å². The van der Waals surface area contributed by atoms with Crippen LogP contribution in [0.3, 0.4) is 0 Å². The van der Waals surface area contributed by atoms with E-state index in [0.29, 0.717) is 0 Å². The summed E-state index contributed by atoms with van der Waals surface area (Å²) in [6, 6.07) is 18.9. The van der Waals surface area contributed by atoms with Crippen molar-refractivity contribution in [2.24, 2.45) is 0 Å². The van der Waals surface area contributed by atoms with E-state index >= 15 is 0 Å². The Morgan fingerprint density at radius 2 is 1.65 bits per heavy atom. The number of thioether (sulfide) groups is 2. The van der Waals surface area contributed by atoms with Crippen molar-refractivity contribution in [2.75, 3.05) is 5.75 Å². The summed E-state index contributed by atoms with van der Waals surface area (Å²) in [5.74, 6) is 2.77. The topological polar surface area (TPSA) is 30.7 Å². The van der Waals surface area contributed by atoms with Gasteiger partial charge in [-0.15, -0.1) is 22.0 Å². The third-order valence-electron chi connectivity index (χ3n) is 3.38. The quantitative estimate of drug-likeness (QED) is 0.592. The normalized spacial score (nSPS) is 10.9. The molecule has 0 unspecified atom stereocenters. The van der Waals surface area contributed by atoms with Crippen LogP contribution in [-0.2, 0) is 5.75 Å². The van der Waals surface area contributed by atoms with Crippen LogP contribution in [0.1, 0.15) is 18.3 Å². The molecular weight excluding hydrogens is 322 g/mol. The molecule has 118 valence electrons. The third kappa shape index (κ3) is 3.98. The van der Waals surface area contributed by atoms with Gasteiger partial charge in [0.1, 0.15) is 5.82 Å². The lowest BCUT2D eigenvalue weighted by molar-refractivity contribution is 0.865. The van der Waals surface area contributed by atoms with Crippen molar-refractivity contribution in [3.63, 3.8) is 0 Å². The van der Waals surface area contributed by atoms with Crippen molar-refractivity contribution in [1.82, 2.24) is 14.8 Å². The van der Waals surface area contributed by atoms with E-state index in [2.05, 4.69) is 65.0 Å². The summed E-state index contributed by atoms with van der Waals surface area (Å²) >= 11 is 3.51. The van der Waals surface area contributed by atoms with Crippen LogP contribution in [-0.4, -0.2) is 20.5 Å². The van der Waals surface area contributed by atoms with Gasteiger partial charge in [0.05, 0.1) is 5.75 Å². The average Bonchev–Trinajstić information content (AvgIpc) is 2.98. The fourth-order valence-corrected chi connectivity index (χ4v) is 3.74. The van der Waals surface area contributed by atoms with Gasteiger partial charge >= 0.3 is 0 Å². The van der Waals surface area contributed by atoms with Gasteiger partial charge in [0.2, 0.25) is 0 Å². The molecule has 0 aliphatic carbocycles. The Balaban J connectivity index is 1.85. The lowest BCUT2D eigenvalue weighted by atomic mass is 10.2. The molecule has 0 aliphatic heterocycles. The first-order valence-corrected chi connectivity index (χ1v) is 9.57. The van der Waals surface area contributed by atoms with Crippen LogP contribution in [0.2, 0.25) is 0 Å². The average molecular weight is 342 g/mol. The van der Waals surface area contributed by atoms with Crippen molar-refractivity contribution in [3.05, 3.63) is 66.0 Å². The highest BCUT2D eigenvalue weighted by molar-refractivity contribution is 7.99. The van der Waals surface area contributed by atoms with E-state index in [0.717, 1.165) is 28.2 Å². The number of aromatic nitrogens is 3. The molecule has 1 aromatic heterocycles. The fourth-order valence-electron chi connectivity index (χ4n) is 2.24. The zero-order valence-corrected chi connectivity index (χ0v) is 14.9. The second kappa shape index (κ2) is 7.70. The summed E-state index contributed by atoms with van der Waals surface area (Å²) in [4.78, 5) is 1.25. The maximum atomic E-state index is 4.42. The molecule has 0 amide bonds. The second-order valence-electron chi connectivity index (χ2n) is 5.10. The summed E-state index contributed by atoms with van der Waals surface area (Å²) in [5, 5.41) is 9.74. The maximum absolute atomic E-state index is 4.42. The Labute approximate surface area is 145 Å². The molecule has 2 aromatic carbocycles. The standard InChI is InChI=1S/C18H19N3S2/c1-3-22-18-20-19-17(21(18)15-7-5-4-6-8-15)13-23-16-11-9-14(2)10-12-16/h4-12H,3,13H2,1-2H3. The number of aryl methyl sites for hydroxylation is 1. The molecule has 3 aromatic rings. The molecule has 0 aliphatic rings. The minimum Gasteiger partial charge on any atom is -0.273 e. The summed E-state index contributed by atoms with van der Waals surface area (Å²) < 4.78 is 2.16. The summed E-state index contributed by atoms with van der Waals surface area (Å²) in [7, 11) is 0. The van der Waals surface area contributed by atoms with Crippen molar-refractivity contribution < 1.29 is 0 Å². The van der Waals surface area contributed by atoms with E-state index in [9.17, 15) is 0 Å². The van der Waals surface area contributed by atoms with E-state index in [4.69, 9.17) is 0 Å². The Kier molecular flexibility index (Phi) is 5.41. The second-order valence-corrected chi connectivity index (χ2v) is 7.38. The number of benzene rings is 2. The Hall–Kier alpha value is -1.72. The summed E-state index contributed by atoms with van der Waals surface area (Å²) in [6.07, 6.45) is 0.